The average molecular weight is 485 g/mol. The summed E-state index contributed by atoms with van der Waals surface area (Å²) in [5, 5.41) is 0. The number of halogens is 2. The van der Waals surface area contributed by atoms with Gasteiger partial charge in [0.1, 0.15) is 29.5 Å². The first-order chi connectivity index (χ1) is 16.9. The van der Waals surface area contributed by atoms with Gasteiger partial charge in [0.25, 0.3) is 5.91 Å². The highest BCUT2D eigenvalue weighted by molar-refractivity contribution is 6.03. The number of hydrogen-bond acceptors (Lipinski definition) is 6. The molecule has 35 heavy (non-hydrogen) atoms. The number of benzene rings is 1. The number of ether oxygens (including phenoxy) is 2. The minimum Gasteiger partial charge on any atom is -0.487 e. The summed E-state index contributed by atoms with van der Waals surface area (Å²) in [4.78, 5) is 35.5. The van der Waals surface area contributed by atoms with E-state index >= 15 is 4.39 Å². The molecule has 0 N–H and O–H groups in total. The third-order valence-electron chi connectivity index (χ3n) is 6.71. The Kier molecular flexibility index (Phi) is 6.14. The van der Waals surface area contributed by atoms with Gasteiger partial charge >= 0.3 is 0 Å². The summed E-state index contributed by atoms with van der Waals surface area (Å²) in [7, 11) is 0. The molecule has 1 atom stereocenters. The minimum atomic E-state index is -0.877. The number of carbonyl (C=O) groups is 2. The van der Waals surface area contributed by atoms with Gasteiger partial charge in [-0.15, -0.1) is 0 Å². The molecule has 0 bridgehead atoms. The fourth-order valence-corrected chi connectivity index (χ4v) is 4.88. The molecule has 2 fully saturated rings. The predicted octanol–water partition coefficient (Wildman–Crippen LogP) is 2.40. The first-order valence-corrected chi connectivity index (χ1v) is 11.6. The third-order valence-corrected chi connectivity index (χ3v) is 6.71. The lowest BCUT2D eigenvalue weighted by Gasteiger charge is -2.39. The second-order valence-corrected chi connectivity index (χ2v) is 8.79. The Morgan fingerprint density at radius 3 is 2.66 bits per heavy atom. The largest absolute Gasteiger partial charge is 0.487 e. The zero-order valence-electron chi connectivity index (χ0n) is 19.4. The van der Waals surface area contributed by atoms with Crippen molar-refractivity contribution in [2.24, 2.45) is 0 Å². The summed E-state index contributed by atoms with van der Waals surface area (Å²) in [6.07, 6.45) is 1.23. The summed E-state index contributed by atoms with van der Waals surface area (Å²) in [5.74, 6) is -2.13. The van der Waals surface area contributed by atoms with E-state index in [0.717, 1.165) is 0 Å². The number of fused-ring (bicyclic) bond motifs is 2. The molecule has 184 valence electrons. The maximum Gasteiger partial charge on any atom is 0.262 e. The van der Waals surface area contributed by atoms with E-state index in [-0.39, 0.29) is 54.0 Å². The highest BCUT2D eigenvalue weighted by Crippen LogP contribution is 2.41. The summed E-state index contributed by atoms with van der Waals surface area (Å²) in [6.45, 7) is 7.75. The molecule has 3 aliphatic rings. The fourth-order valence-electron chi connectivity index (χ4n) is 4.88. The smallest absolute Gasteiger partial charge is 0.262 e. The molecule has 2 aromatic rings. The number of aryl methyl sites for hydroxylation is 1. The monoisotopic (exact) mass is 484 g/mol. The van der Waals surface area contributed by atoms with Crippen LogP contribution in [0.5, 0.6) is 5.75 Å². The van der Waals surface area contributed by atoms with Gasteiger partial charge in [0.2, 0.25) is 5.91 Å². The molecule has 2 saturated heterocycles. The first kappa shape index (κ1) is 23.2. The van der Waals surface area contributed by atoms with Crippen LogP contribution in [0.2, 0.25) is 0 Å². The average Bonchev–Trinajstić information content (AvgIpc) is 3.02. The van der Waals surface area contributed by atoms with Gasteiger partial charge in [-0.2, -0.15) is 0 Å². The van der Waals surface area contributed by atoms with Gasteiger partial charge in [-0.3, -0.25) is 9.59 Å². The quantitative estimate of drug-likeness (QED) is 0.623. The molecular formula is C25H26F2N4O4. The molecule has 0 saturated carbocycles. The van der Waals surface area contributed by atoms with Crippen LogP contribution in [0, 0.1) is 18.6 Å². The Morgan fingerprint density at radius 2 is 1.94 bits per heavy atom. The van der Waals surface area contributed by atoms with Crippen molar-refractivity contribution in [2.75, 3.05) is 57.4 Å². The maximum atomic E-state index is 16.0. The zero-order chi connectivity index (χ0) is 24.7. The normalized spacial score (nSPS) is 20.0. The number of anilines is 1. The van der Waals surface area contributed by atoms with E-state index in [1.807, 2.05) is 4.90 Å². The first-order valence-electron chi connectivity index (χ1n) is 11.6. The van der Waals surface area contributed by atoms with Gasteiger partial charge in [-0.1, -0.05) is 18.7 Å². The summed E-state index contributed by atoms with van der Waals surface area (Å²) in [5.41, 5.74) is 0.369. The molecular weight excluding hydrogens is 458 g/mol. The molecule has 5 rings (SSSR count). The number of pyridine rings is 1. The van der Waals surface area contributed by atoms with Gasteiger partial charge in [-0.05, 0) is 24.6 Å². The number of nitrogens with zero attached hydrogens (tertiary/aromatic N) is 4. The van der Waals surface area contributed by atoms with Crippen molar-refractivity contribution < 1.29 is 27.8 Å². The number of rotatable bonds is 3. The lowest BCUT2D eigenvalue weighted by atomic mass is 10.0. The molecule has 0 radical (unpaired) electrons. The van der Waals surface area contributed by atoms with E-state index < -0.39 is 23.6 Å². The van der Waals surface area contributed by atoms with Crippen molar-refractivity contribution in [3.63, 3.8) is 0 Å². The molecule has 3 aliphatic heterocycles. The van der Waals surface area contributed by atoms with Crippen molar-refractivity contribution in [1.82, 2.24) is 14.8 Å². The summed E-state index contributed by atoms with van der Waals surface area (Å²) in [6, 6.07) is 4.01. The number of morpholine rings is 1. The Morgan fingerprint density at radius 1 is 1.17 bits per heavy atom. The van der Waals surface area contributed by atoms with Crippen LogP contribution in [0.4, 0.5) is 14.6 Å². The Bertz CT molecular complexity index is 1180. The molecule has 0 aliphatic carbocycles. The fraction of sp³-hybridized carbons (Fsp3) is 0.400. The van der Waals surface area contributed by atoms with E-state index in [0.29, 0.717) is 38.4 Å². The van der Waals surface area contributed by atoms with E-state index in [9.17, 15) is 14.0 Å². The SMILES string of the molecule is C=CC(=O)N1CCN2C(=O)c3c(N4CCOCC4)nc(-c4c(C)cccc4F)c(F)c3OC[C@H]2C1. The Labute approximate surface area is 201 Å². The standard InChI is InChI=1S/C25H26F2N4O4/c1-3-18(32)30-7-8-31-16(13-30)14-35-23-20(25(31)33)24(29-9-11-34-12-10-29)28-22(21(23)27)19-15(2)5-4-6-17(19)26/h3-6,16H,1,7-14H2,2H3/t16-/m1/s1. The van der Waals surface area contributed by atoms with Crippen LogP contribution in [-0.4, -0.2) is 85.2 Å². The number of carbonyl (C=O) groups excluding carboxylic acids is 2. The molecule has 2 amide bonds. The number of aromatic nitrogens is 1. The van der Waals surface area contributed by atoms with Crippen LogP contribution in [0.1, 0.15) is 15.9 Å². The van der Waals surface area contributed by atoms with Gasteiger partial charge < -0.3 is 24.2 Å². The van der Waals surface area contributed by atoms with Crippen molar-refractivity contribution in [2.45, 2.75) is 13.0 Å². The van der Waals surface area contributed by atoms with Gasteiger partial charge in [0, 0.05) is 38.3 Å². The van der Waals surface area contributed by atoms with Crippen LogP contribution in [0.25, 0.3) is 11.3 Å². The Balaban J connectivity index is 1.65. The highest BCUT2D eigenvalue weighted by atomic mass is 19.1. The lowest BCUT2D eigenvalue weighted by Crippen LogP contribution is -2.57. The molecule has 0 spiro atoms. The van der Waals surface area contributed by atoms with Crippen LogP contribution in [0.15, 0.2) is 30.9 Å². The predicted molar refractivity (Wildman–Crippen MR) is 124 cm³/mol. The minimum absolute atomic E-state index is 0.0150. The van der Waals surface area contributed by atoms with Crippen molar-refractivity contribution in [3.8, 4) is 17.0 Å². The summed E-state index contributed by atoms with van der Waals surface area (Å²) < 4.78 is 42.2. The van der Waals surface area contributed by atoms with Crippen LogP contribution in [-0.2, 0) is 9.53 Å². The topological polar surface area (TPSA) is 75.2 Å². The molecule has 10 heteroatoms. The van der Waals surface area contributed by atoms with Gasteiger partial charge in [0.15, 0.2) is 11.6 Å². The Hall–Kier alpha value is -3.53. The number of hydrogen-bond donors (Lipinski definition) is 0. The van der Waals surface area contributed by atoms with E-state index in [1.54, 1.807) is 28.9 Å². The van der Waals surface area contributed by atoms with Crippen molar-refractivity contribution >= 4 is 17.6 Å². The van der Waals surface area contributed by atoms with Crippen LogP contribution < -0.4 is 9.64 Å². The molecule has 1 aromatic carbocycles. The molecule has 8 nitrogen and oxygen atoms in total. The number of piperazine rings is 1. The highest BCUT2D eigenvalue weighted by Gasteiger charge is 2.41. The van der Waals surface area contributed by atoms with E-state index in [4.69, 9.17) is 9.47 Å². The maximum absolute atomic E-state index is 16.0. The second kappa shape index (κ2) is 9.26. The van der Waals surface area contributed by atoms with Crippen molar-refractivity contribution in [3.05, 3.63) is 53.6 Å². The van der Waals surface area contributed by atoms with Gasteiger partial charge in [-0.25, -0.2) is 13.8 Å². The second-order valence-electron chi connectivity index (χ2n) is 8.79. The molecule has 4 heterocycles. The van der Waals surface area contributed by atoms with Crippen LogP contribution >= 0.6 is 0 Å². The van der Waals surface area contributed by atoms with Crippen molar-refractivity contribution in [1.29, 1.82) is 0 Å². The van der Waals surface area contributed by atoms with E-state index in [1.165, 1.54) is 12.1 Å². The number of amides is 2. The molecule has 1 aromatic heterocycles. The summed E-state index contributed by atoms with van der Waals surface area (Å²) >= 11 is 0. The molecule has 0 unspecified atom stereocenters. The van der Waals surface area contributed by atoms with Gasteiger partial charge in [0.05, 0.1) is 19.3 Å². The lowest BCUT2D eigenvalue weighted by molar-refractivity contribution is -0.128. The third kappa shape index (κ3) is 4.01. The zero-order valence-corrected chi connectivity index (χ0v) is 19.4. The van der Waals surface area contributed by atoms with Crippen LogP contribution in [0.3, 0.4) is 0 Å². The van der Waals surface area contributed by atoms with E-state index in [2.05, 4.69) is 11.6 Å².